The van der Waals surface area contributed by atoms with Crippen LogP contribution in [0.4, 0.5) is 16.2 Å². The van der Waals surface area contributed by atoms with Crippen molar-refractivity contribution < 1.29 is 9.90 Å². The van der Waals surface area contributed by atoms with Crippen molar-refractivity contribution in [1.29, 1.82) is 0 Å². The third kappa shape index (κ3) is 5.30. The highest BCUT2D eigenvalue weighted by molar-refractivity contribution is 5.93. The first-order valence-corrected chi connectivity index (χ1v) is 7.70. The molecule has 0 heterocycles. The van der Waals surface area contributed by atoms with Gasteiger partial charge in [-0.25, -0.2) is 4.79 Å². The lowest BCUT2D eigenvalue weighted by atomic mass is 10.2. The molecule has 0 bridgehead atoms. The van der Waals surface area contributed by atoms with Gasteiger partial charge in [-0.15, -0.1) is 0 Å². The summed E-state index contributed by atoms with van der Waals surface area (Å²) in [6.07, 6.45) is 0.545. The van der Waals surface area contributed by atoms with E-state index in [-0.39, 0.29) is 12.6 Å². The van der Waals surface area contributed by atoms with Crippen LogP contribution < -0.4 is 15.5 Å². The second-order valence-corrected chi connectivity index (χ2v) is 5.32. The van der Waals surface area contributed by atoms with Crippen molar-refractivity contribution in [3.05, 3.63) is 60.2 Å². The average Bonchev–Trinajstić information content (AvgIpc) is 2.56. The van der Waals surface area contributed by atoms with Gasteiger partial charge in [0.05, 0.1) is 11.4 Å². The number of nitrogens with one attached hydrogen (secondary N) is 2. The SMILES string of the molecule is CN(Cc1ccccc1)c1ccccc1NC(=O)NCCCO. The molecule has 0 aliphatic rings. The Morgan fingerprint density at radius 2 is 1.78 bits per heavy atom. The molecule has 5 heteroatoms. The van der Waals surface area contributed by atoms with Crippen LogP contribution in [0.15, 0.2) is 54.6 Å². The molecule has 0 radical (unpaired) electrons. The molecule has 0 aliphatic carbocycles. The Morgan fingerprint density at radius 1 is 1.09 bits per heavy atom. The van der Waals surface area contributed by atoms with E-state index in [1.165, 1.54) is 5.56 Å². The topological polar surface area (TPSA) is 64.6 Å². The molecule has 0 saturated carbocycles. The molecule has 2 aromatic rings. The predicted octanol–water partition coefficient (Wildman–Crippen LogP) is 2.83. The second-order valence-electron chi connectivity index (χ2n) is 5.32. The van der Waals surface area contributed by atoms with Crippen LogP contribution in [0.25, 0.3) is 0 Å². The number of anilines is 2. The van der Waals surface area contributed by atoms with Crippen LogP contribution in [0.3, 0.4) is 0 Å². The van der Waals surface area contributed by atoms with Crippen molar-refractivity contribution in [3.8, 4) is 0 Å². The zero-order chi connectivity index (χ0) is 16.5. The van der Waals surface area contributed by atoms with Crippen molar-refractivity contribution in [2.75, 3.05) is 30.4 Å². The first-order valence-electron chi connectivity index (χ1n) is 7.70. The number of rotatable bonds is 7. The number of aliphatic hydroxyl groups excluding tert-OH is 1. The predicted molar refractivity (Wildman–Crippen MR) is 93.7 cm³/mol. The van der Waals surface area contributed by atoms with E-state index in [2.05, 4.69) is 27.7 Å². The van der Waals surface area contributed by atoms with Crippen LogP contribution in [0.1, 0.15) is 12.0 Å². The van der Waals surface area contributed by atoms with E-state index in [1.54, 1.807) is 0 Å². The van der Waals surface area contributed by atoms with Gasteiger partial charge in [0.2, 0.25) is 0 Å². The van der Waals surface area contributed by atoms with Gasteiger partial charge < -0.3 is 20.6 Å². The molecular formula is C18H23N3O2. The maximum Gasteiger partial charge on any atom is 0.319 e. The average molecular weight is 313 g/mol. The van der Waals surface area contributed by atoms with Crippen LogP contribution in [0.2, 0.25) is 0 Å². The fourth-order valence-electron chi connectivity index (χ4n) is 2.30. The van der Waals surface area contributed by atoms with E-state index in [0.717, 1.165) is 17.9 Å². The molecule has 0 atom stereocenters. The molecule has 0 aliphatic heterocycles. The van der Waals surface area contributed by atoms with E-state index in [1.807, 2.05) is 49.5 Å². The molecule has 2 rings (SSSR count). The van der Waals surface area contributed by atoms with E-state index >= 15 is 0 Å². The number of urea groups is 1. The Bertz CT molecular complexity index is 617. The van der Waals surface area contributed by atoms with Crippen molar-refractivity contribution in [2.45, 2.75) is 13.0 Å². The molecule has 2 aromatic carbocycles. The van der Waals surface area contributed by atoms with Crippen molar-refractivity contribution in [3.63, 3.8) is 0 Å². The van der Waals surface area contributed by atoms with E-state index in [0.29, 0.717) is 13.0 Å². The van der Waals surface area contributed by atoms with E-state index in [4.69, 9.17) is 5.11 Å². The van der Waals surface area contributed by atoms with Crippen LogP contribution in [0.5, 0.6) is 0 Å². The van der Waals surface area contributed by atoms with Crippen LogP contribution in [-0.4, -0.2) is 31.3 Å². The molecule has 3 N–H and O–H groups in total. The summed E-state index contributed by atoms with van der Waals surface area (Å²) in [6.45, 7) is 1.27. The first-order chi connectivity index (χ1) is 11.2. The molecule has 5 nitrogen and oxygen atoms in total. The second kappa shape index (κ2) is 8.80. The van der Waals surface area contributed by atoms with Crippen molar-refractivity contribution in [1.82, 2.24) is 5.32 Å². The Kier molecular flexibility index (Phi) is 6.44. The van der Waals surface area contributed by atoms with Gasteiger partial charge in [0.1, 0.15) is 0 Å². The summed E-state index contributed by atoms with van der Waals surface area (Å²) in [5.74, 6) is 0. The fourth-order valence-corrected chi connectivity index (χ4v) is 2.30. The monoisotopic (exact) mass is 313 g/mol. The van der Waals surface area contributed by atoms with Gasteiger partial charge in [0, 0.05) is 26.7 Å². The summed E-state index contributed by atoms with van der Waals surface area (Å²) in [7, 11) is 2.00. The van der Waals surface area contributed by atoms with Gasteiger partial charge in [-0.1, -0.05) is 42.5 Å². The number of para-hydroxylation sites is 2. The minimum atomic E-state index is -0.265. The summed E-state index contributed by atoms with van der Waals surface area (Å²) in [5.41, 5.74) is 2.92. The van der Waals surface area contributed by atoms with Gasteiger partial charge in [0.25, 0.3) is 0 Å². The standard InChI is InChI=1S/C18H23N3O2/c1-21(14-15-8-3-2-4-9-15)17-11-6-5-10-16(17)20-18(23)19-12-7-13-22/h2-6,8-11,22H,7,12-14H2,1H3,(H2,19,20,23). The number of amides is 2. The summed E-state index contributed by atoms with van der Waals surface area (Å²) in [4.78, 5) is 14.0. The normalized spacial score (nSPS) is 10.2. The number of benzene rings is 2. The maximum atomic E-state index is 11.9. The van der Waals surface area contributed by atoms with E-state index in [9.17, 15) is 4.79 Å². The molecule has 2 amide bonds. The summed E-state index contributed by atoms with van der Waals surface area (Å²) in [6, 6.07) is 17.6. The lowest BCUT2D eigenvalue weighted by Crippen LogP contribution is -2.30. The van der Waals surface area contributed by atoms with Gasteiger partial charge in [-0.2, -0.15) is 0 Å². The Hall–Kier alpha value is -2.53. The Labute approximate surface area is 136 Å². The van der Waals surface area contributed by atoms with E-state index < -0.39 is 0 Å². The fraction of sp³-hybridized carbons (Fsp3) is 0.278. The Balaban J connectivity index is 2.03. The molecule has 0 saturated heterocycles. The van der Waals surface area contributed by atoms with Crippen molar-refractivity contribution >= 4 is 17.4 Å². The van der Waals surface area contributed by atoms with Crippen LogP contribution in [-0.2, 0) is 6.54 Å². The van der Waals surface area contributed by atoms with Crippen LogP contribution >= 0.6 is 0 Å². The number of hydrogen-bond acceptors (Lipinski definition) is 3. The first kappa shape index (κ1) is 16.8. The highest BCUT2D eigenvalue weighted by Gasteiger charge is 2.10. The summed E-state index contributed by atoms with van der Waals surface area (Å²) < 4.78 is 0. The molecule has 122 valence electrons. The third-order valence-corrected chi connectivity index (χ3v) is 3.45. The largest absolute Gasteiger partial charge is 0.396 e. The zero-order valence-corrected chi connectivity index (χ0v) is 13.3. The minimum absolute atomic E-state index is 0.0662. The summed E-state index contributed by atoms with van der Waals surface area (Å²) in [5, 5.41) is 14.3. The van der Waals surface area contributed by atoms with Gasteiger partial charge in [-0.05, 0) is 24.1 Å². The number of hydrogen-bond donors (Lipinski definition) is 3. The van der Waals surface area contributed by atoms with Crippen molar-refractivity contribution in [2.24, 2.45) is 0 Å². The highest BCUT2D eigenvalue weighted by Crippen LogP contribution is 2.25. The lowest BCUT2D eigenvalue weighted by molar-refractivity contribution is 0.249. The van der Waals surface area contributed by atoms with Crippen LogP contribution in [0, 0.1) is 0 Å². The highest BCUT2D eigenvalue weighted by atomic mass is 16.3. The quantitative estimate of drug-likeness (QED) is 0.689. The molecule has 0 spiro atoms. The lowest BCUT2D eigenvalue weighted by Gasteiger charge is -2.23. The smallest absolute Gasteiger partial charge is 0.319 e. The molecule has 0 aromatic heterocycles. The number of aliphatic hydroxyl groups is 1. The summed E-state index contributed by atoms with van der Waals surface area (Å²) >= 11 is 0. The number of carbonyl (C=O) groups excluding carboxylic acids is 1. The van der Waals surface area contributed by atoms with Gasteiger partial charge in [0.15, 0.2) is 0 Å². The molecule has 0 fully saturated rings. The minimum Gasteiger partial charge on any atom is -0.396 e. The molecular weight excluding hydrogens is 290 g/mol. The van der Waals surface area contributed by atoms with Gasteiger partial charge >= 0.3 is 6.03 Å². The third-order valence-electron chi connectivity index (χ3n) is 3.45. The number of nitrogens with zero attached hydrogens (tertiary/aromatic N) is 1. The molecule has 0 unspecified atom stereocenters. The Morgan fingerprint density at radius 3 is 2.52 bits per heavy atom. The molecule has 23 heavy (non-hydrogen) atoms. The maximum absolute atomic E-state index is 11.9. The zero-order valence-electron chi connectivity index (χ0n) is 13.3. The van der Waals surface area contributed by atoms with Gasteiger partial charge in [-0.3, -0.25) is 0 Å². The number of carbonyl (C=O) groups is 1.